The summed E-state index contributed by atoms with van der Waals surface area (Å²) in [6.07, 6.45) is 35.8. The third-order valence-electron chi connectivity index (χ3n) is 11.7. The van der Waals surface area contributed by atoms with Crippen LogP contribution in [0.15, 0.2) is 221 Å². The molecule has 2 radical (unpaired) electrons. The Hall–Kier alpha value is -11.0. The SMILES string of the molecule is CC(=O)[O-].CC(=O)[O-].CN(C)C=O.CN(C)C=O.CN(C)C=O.CN(C)C=O.[Cd+2].[Cd+2].c1cncc(-c2ccn([B-](n3ccc(-c4cccnc4)n3)n3ccc(-c4cccnc4)n3)n2)c1.c1cncc(-c2ccn([B-](n3ccc(-c4cccnc4)n3)n3ccc(-c4cccnc4)n3)n2)c1. The molecule has 12 heterocycles. The Labute approximate surface area is 607 Å². The molecule has 0 spiro atoms. The number of carboxylic acid groups (broad SMARTS) is 2. The van der Waals surface area contributed by atoms with Gasteiger partial charge in [0.15, 0.2) is 0 Å². The fourth-order valence-corrected chi connectivity index (χ4v) is 7.54. The number of amides is 4. The van der Waals surface area contributed by atoms with Crippen LogP contribution in [-0.2, 0) is 83.4 Å². The number of carbonyl (C=O) groups is 6. The van der Waals surface area contributed by atoms with Gasteiger partial charge in [0.05, 0.1) is 34.2 Å². The number of hydrogen-bond acceptors (Lipinski definition) is 20. The standard InChI is InChI=1S/2C24H18BN9.4C3H7NO.2C2H4O2.2Cd/c2*1-4-19(16-26-10-1)22-7-13-32(29-22)25(33-14-8-23(30-33)20-5-2-11-27-17-20)34-15-9-24(31-34)21-6-3-12-28-18-21;4*1-4(2)3-5;2*1-2(3)4;;/h2*1-18H;4*3H,1-2H3;2*1H3,(H,3,4);;/q2*-1;;;;;;;2*+2/p-2. The first kappa shape index (κ1) is 81.2. The van der Waals surface area contributed by atoms with Crippen molar-refractivity contribution in [1.29, 1.82) is 0 Å². The summed E-state index contributed by atoms with van der Waals surface area (Å²) in [6, 6.07) is 35.0. The van der Waals surface area contributed by atoms with Gasteiger partial charge in [0.1, 0.15) is 0 Å². The van der Waals surface area contributed by atoms with Gasteiger partial charge in [-0.25, -0.2) is 30.6 Å². The number of hydrogen-bond donors (Lipinski definition) is 0. The van der Waals surface area contributed by atoms with Crippen LogP contribution in [0.3, 0.4) is 0 Å². The van der Waals surface area contributed by atoms with E-state index in [0.717, 1.165) is 107 Å². The van der Waals surface area contributed by atoms with Crippen molar-refractivity contribution in [2.75, 3.05) is 56.4 Å². The maximum atomic E-state index is 9.43. The van der Waals surface area contributed by atoms with Crippen LogP contribution in [0.25, 0.3) is 67.5 Å². The largest absolute Gasteiger partial charge is 2.00 e. The summed E-state index contributed by atoms with van der Waals surface area (Å²) in [4.78, 5) is 86.5. The van der Waals surface area contributed by atoms with Gasteiger partial charge >= 0.3 is 54.6 Å². The third-order valence-corrected chi connectivity index (χ3v) is 11.7. The van der Waals surface area contributed by atoms with E-state index in [9.17, 15) is 19.2 Å². The fraction of sp³-hybridized carbons (Fsp3) is 0.156. The predicted octanol–water partition coefficient (Wildman–Crippen LogP) is 3.11. The second kappa shape index (κ2) is 43.8. The van der Waals surface area contributed by atoms with Crippen molar-refractivity contribution in [3.05, 3.63) is 221 Å². The first-order valence-corrected chi connectivity index (χ1v) is 28.8. The van der Waals surface area contributed by atoms with Crippen molar-refractivity contribution in [2.45, 2.75) is 13.8 Å². The molecule has 0 saturated carbocycles. The Morgan fingerprint density at radius 1 is 0.316 bits per heavy atom. The number of aliphatic carboxylic acids is 2. The zero-order chi connectivity index (χ0) is 69.8. The molecule has 0 atom stereocenters. The minimum Gasteiger partial charge on any atom is -0.550 e. The predicted molar refractivity (Wildman–Crippen MR) is 357 cm³/mol. The van der Waals surface area contributed by atoms with Crippen LogP contribution in [0.4, 0.5) is 0 Å². The summed E-state index contributed by atoms with van der Waals surface area (Å²) in [5, 5.41) is 46.7. The van der Waals surface area contributed by atoms with Crippen molar-refractivity contribution in [1.82, 2.24) is 108 Å². The molecule has 494 valence electrons. The van der Waals surface area contributed by atoms with E-state index in [1.54, 1.807) is 131 Å². The van der Waals surface area contributed by atoms with Crippen LogP contribution in [0, 0.1) is 0 Å². The molecule has 0 unspecified atom stereocenters. The number of aromatic nitrogens is 18. The van der Waals surface area contributed by atoms with E-state index in [4.69, 9.17) is 50.4 Å². The summed E-state index contributed by atoms with van der Waals surface area (Å²) >= 11 is 0. The Morgan fingerprint density at radius 3 is 0.551 bits per heavy atom. The van der Waals surface area contributed by atoms with E-state index >= 15 is 0 Å². The normalized spacial score (nSPS) is 9.67. The van der Waals surface area contributed by atoms with E-state index < -0.39 is 26.2 Å². The van der Waals surface area contributed by atoms with Crippen molar-refractivity contribution in [3.63, 3.8) is 0 Å². The molecule has 0 aliphatic rings. The molecular formula is C64H70B2Cd2N22O8. The number of carbonyl (C=O) groups excluding carboxylic acids is 6. The second-order valence-electron chi connectivity index (χ2n) is 20.5. The third kappa shape index (κ3) is 27.7. The molecule has 12 aromatic heterocycles. The molecule has 0 aliphatic heterocycles. The Bertz CT molecular complexity index is 3530. The van der Waals surface area contributed by atoms with Crippen molar-refractivity contribution >= 4 is 51.8 Å². The number of pyridine rings is 6. The monoisotopic (exact) mass is 1520 g/mol. The van der Waals surface area contributed by atoms with Crippen LogP contribution in [0.2, 0.25) is 0 Å². The number of nitrogens with zero attached hydrogens (tertiary/aromatic N) is 22. The molecule has 12 rings (SSSR count). The van der Waals surface area contributed by atoms with Gasteiger partial charge in [0, 0.05) is 176 Å². The van der Waals surface area contributed by atoms with Gasteiger partial charge in [-0.15, -0.1) is 0 Å². The van der Waals surface area contributed by atoms with Crippen molar-refractivity contribution in [2.24, 2.45) is 0 Å². The molecule has 4 amide bonds. The zero-order valence-electron chi connectivity index (χ0n) is 55.8. The molecular weight excluding hydrogens is 1450 g/mol. The van der Waals surface area contributed by atoms with Gasteiger partial charge in [-0.1, -0.05) is 0 Å². The summed E-state index contributed by atoms with van der Waals surface area (Å²) in [7, 11) is 12.6. The van der Waals surface area contributed by atoms with E-state index in [2.05, 4.69) is 29.9 Å². The maximum Gasteiger partial charge on any atom is 2.00 e. The Morgan fingerprint density at radius 2 is 0.449 bits per heavy atom. The summed E-state index contributed by atoms with van der Waals surface area (Å²) in [5.41, 5.74) is 10.5. The maximum absolute atomic E-state index is 9.43. The van der Waals surface area contributed by atoms with Crippen LogP contribution in [-0.4, -0.2) is 216 Å². The second-order valence-corrected chi connectivity index (χ2v) is 20.5. The molecule has 0 bridgehead atoms. The van der Waals surface area contributed by atoms with Gasteiger partial charge in [0.2, 0.25) is 25.6 Å². The Kier molecular flexibility index (Phi) is 36.3. The van der Waals surface area contributed by atoms with Crippen LogP contribution in [0.1, 0.15) is 13.8 Å². The van der Waals surface area contributed by atoms with Crippen LogP contribution >= 0.6 is 0 Å². The molecule has 0 aliphatic carbocycles. The summed E-state index contributed by atoms with van der Waals surface area (Å²) < 4.78 is 11.0. The molecule has 12 aromatic rings. The van der Waals surface area contributed by atoms with Crippen LogP contribution in [0.5, 0.6) is 0 Å². The summed E-state index contributed by atoms with van der Waals surface area (Å²) in [6.45, 7) is 1.94. The molecule has 98 heavy (non-hydrogen) atoms. The van der Waals surface area contributed by atoms with Gasteiger partial charge in [-0.2, -0.15) is 0 Å². The average molecular weight is 1520 g/mol. The van der Waals surface area contributed by atoms with E-state index in [1.165, 1.54) is 19.6 Å². The first-order chi connectivity index (χ1) is 46.2. The van der Waals surface area contributed by atoms with Crippen molar-refractivity contribution < 1.29 is 93.6 Å². The number of carboxylic acids is 2. The molecule has 30 nitrogen and oxygen atoms in total. The quantitative estimate of drug-likeness (QED) is 0.0990. The van der Waals surface area contributed by atoms with Gasteiger partial charge in [-0.3, -0.25) is 49.1 Å². The topological polar surface area (TPSA) is 346 Å². The summed E-state index contributed by atoms with van der Waals surface area (Å²) in [5.74, 6) is -2.17. The fourth-order valence-electron chi connectivity index (χ4n) is 7.54. The van der Waals surface area contributed by atoms with Crippen LogP contribution < -0.4 is 10.2 Å². The minimum atomic E-state index is -1.08. The zero-order valence-corrected chi connectivity index (χ0v) is 63.8. The van der Waals surface area contributed by atoms with Gasteiger partial charge < -0.3 is 67.0 Å². The van der Waals surface area contributed by atoms with E-state index in [0.29, 0.717) is 0 Å². The molecule has 0 aromatic carbocycles. The van der Waals surface area contributed by atoms with Gasteiger partial charge in [0.25, 0.3) is 14.2 Å². The minimum absolute atomic E-state index is 0. The van der Waals surface area contributed by atoms with Gasteiger partial charge in [-0.05, 0) is 160 Å². The average Bonchev–Trinajstić information content (AvgIpc) is 1.65. The molecule has 0 N–H and O–H groups in total. The smallest absolute Gasteiger partial charge is 0.550 e. The van der Waals surface area contributed by atoms with Crippen molar-refractivity contribution in [3.8, 4) is 67.5 Å². The Balaban J connectivity index is 0.000000364. The van der Waals surface area contributed by atoms with E-state index in [1.807, 2.05) is 174 Å². The van der Waals surface area contributed by atoms with E-state index in [-0.39, 0.29) is 54.6 Å². The molecule has 0 fully saturated rings. The number of rotatable bonds is 16. The molecule has 34 heteroatoms. The first-order valence-electron chi connectivity index (χ1n) is 28.8. The molecule has 0 saturated heterocycles.